The molecule has 0 aliphatic carbocycles. The van der Waals surface area contributed by atoms with E-state index in [4.69, 9.17) is 4.98 Å². The van der Waals surface area contributed by atoms with Gasteiger partial charge in [0, 0.05) is 15.8 Å². The summed E-state index contributed by atoms with van der Waals surface area (Å²) in [4.78, 5) is 19.4. The van der Waals surface area contributed by atoms with E-state index in [9.17, 15) is 4.79 Å². The smallest absolute Gasteiger partial charge is 0.258 e. The minimum Gasteiger partial charge on any atom is -0.298 e. The van der Waals surface area contributed by atoms with Crippen LogP contribution < -0.4 is 5.32 Å². The summed E-state index contributed by atoms with van der Waals surface area (Å²) in [7, 11) is 0. The molecule has 3 nitrogen and oxygen atoms in total. The van der Waals surface area contributed by atoms with E-state index in [1.165, 1.54) is 11.3 Å². The third-order valence-corrected chi connectivity index (χ3v) is 5.80. The molecule has 1 amide bonds. The molecule has 0 fully saturated rings. The molecule has 0 radical (unpaired) electrons. The molecule has 2 aromatic carbocycles. The molecular formula is C21H16N2OS2. The number of aromatic nitrogens is 1. The molecule has 0 aliphatic heterocycles. The highest BCUT2D eigenvalue weighted by Crippen LogP contribution is 2.39. The molecule has 128 valence electrons. The number of carbonyl (C=O) groups excluding carboxylic acids is 1. The van der Waals surface area contributed by atoms with Crippen molar-refractivity contribution in [3.8, 4) is 21.7 Å². The van der Waals surface area contributed by atoms with Crippen LogP contribution in [-0.2, 0) is 0 Å². The Kier molecular flexibility index (Phi) is 4.65. The quantitative estimate of drug-likeness (QED) is 0.467. The zero-order chi connectivity index (χ0) is 17.9. The van der Waals surface area contributed by atoms with Gasteiger partial charge in [-0.05, 0) is 18.6 Å². The zero-order valence-corrected chi connectivity index (χ0v) is 15.7. The van der Waals surface area contributed by atoms with E-state index in [2.05, 4.69) is 17.4 Å². The van der Waals surface area contributed by atoms with E-state index in [0.29, 0.717) is 10.7 Å². The van der Waals surface area contributed by atoms with Crippen molar-refractivity contribution >= 4 is 33.7 Å². The van der Waals surface area contributed by atoms with Crippen LogP contribution in [-0.4, -0.2) is 10.9 Å². The topological polar surface area (TPSA) is 42.0 Å². The van der Waals surface area contributed by atoms with Gasteiger partial charge in [-0.3, -0.25) is 10.1 Å². The van der Waals surface area contributed by atoms with Crippen LogP contribution in [0.2, 0.25) is 0 Å². The maximum absolute atomic E-state index is 12.5. The van der Waals surface area contributed by atoms with E-state index < -0.39 is 0 Å². The summed E-state index contributed by atoms with van der Waals surface area (Å²) in [5.41, 5.74) is 3.69. The van der Waals surface area contributed by atoms with Gasteiger partial charge in [0.25, 0.3) is 5.91 Å². The Hall–Kier alpha value is -2.76. The number of benzene rings is 2. The van der Waals surface area contributed by atoms with Crippen molar-refractivity contribution in [2.45, 2.75) is 6.92 Å². The van der Waals surface area contributed by atoms with Gasteiger partial charge in [-0.25, -0.2) is 4.98 Å². The summed E-state index contributed by atoms with van der Waals surface area (Å²) in [5, 5.41) is 5.42. The number of rotatable bonds is 4. The summed E-state index contributed by atoms with van der Waals surface area (Å²) >= 11 is 3.07. The SMILES string of the molecule is Cc1cc(C(=O)Nc2nc(-c3ccccc3)c(-c3ccccc3)s2)cs1. The van der Waals surface area contributed by atoms with Gasteiger partial charge in [-0.15, -0.1) is 11.3 Å². The first-order valence-electron chi connectivity index (χ1n) is 8.19. The van der Waals surface area contributed by atoms with Crippen LogP contribution in [0.4, 0.5) is 5.13 Å². The molecule has 5 heteroatoms. The molecule has 0 bridgehead atoms. The van der Waals surface area contributed by atoms with Gasteiger partial charge in [0.05, 0.1) is 16.1 Å². The average Bonchev–Trinajstić information content (AvgIpc) is 3.30. The van der Waals surface area contributed by atoms with Gasteiger partial charge in [-0.1, -0.05) is 72.0 Å². The lowest BCUT2D eigenvalue weighted by molar-refractivity contribution is 0.102. The van der Waals surface area contributed by atoms with Gasteiger partial charge < -0.3 is 0 Å². The van der Waals surface area contributed by atoms with Crippen molar-refractivity contribution in [2.24, 2.45) is 0 Å². The van der Waals surface area contributed by atoms with Crippen molar-refractivity contribution in [3.05, 3.63) is 82.6 Å². The van der Waals surface area contributed by atoms with Crippen molar-refractivity contribution in [1.29, 1.82) is 0 Å². The van der Waals surface area contributed by atoms with Crippen molar-refractivity contribution in [1.82, 2.24) is 4.98 Å². The van der Waals surface area contributed by atoms with Crippen molar-refractivity contribution < 1.29 is 4.79 Å². The fourth-order valence-electron chi connectivity index (χ4n) is 2.68. The van der Waals surface area contributed by atoms with Crippen molar-refractivity contribution in [3.63, 3.8) is 0 Å². The van der Waals surface area contributed by atoms with Gasteiger partial charge in [0.1, 0.15) is 0 Å². The Labute approximate surface area is 160 Å². The Morgan fingerprint density at radius 2 is 1.62 bits per heavy atom. The second-order valence-corrected chi connectivity index (χ2v) is 7.94. The Morgan fingerprint density at radius 3 is 2.23 bits per heavy atom. The fourth-order valence-corrected chi connectivity index (χ4v) is 4.35. The molecule has 4 rings (SSSR count). The van der Waals surface area contributed by atoms with E-state index in [1.54, 1.807) is 11.3 Å². The number of hydrogen-bond donors (Lipinski definition) is 1. The summed E-state index contributed by atoms with van der Waals surface area (Å²) in [6.45, 7) is 1.99. The van der Waals surface area contributed by atoms with Gasteiger partial charge in [0.15, 0.2) is 5.13 Å². The Balaban J connectivity index is 1.73. The molecule has 0 unspecified atom stereocenters. The molecule has 26 heavy (non-hydrogen) atoms. The van der Waals surface area contributed by atoms with E-state index >= 15 is 0 Å². The lowest BCUT2D eigenvalue weighted by atomic mass is 10.1. The van der Waals surface area contributed by atoms with Gasteiger partial charge in [0.2, 0.25) is 0 Å². The minimum absolute atomic E-state index is 0.123. The molecule has 1 N–H and O–H groups in total. The maximum atomic E-state index is 12.5. The second kappa shape index (κ2) is 7.23. The fraction of sp³-hybridized carbons (Fsp3) is 0.0476. The largest absolute Gasteiger partial charge is 0.298 e. The molecule has 0 saturated carbocycles. The monoisotopic (exact) mass is 376 g/mol. The van der Waals surface area contributed by atoms with Gasteiger partial charge >= 0.3 is 0 Å². The standard InChI is InChI=1S/C21H16N2OS2/c1-14-12-17(13-25-14)20(24)23-21-22-18(15-8-4-2-5-9-15)19(26-21)16-10-6-3-7-11-16/h2-13H,1H3,(H,22,23,24). The number of hydrogen-bond acceptors (Lipinski definition) is 4. The highest BCUT2D eigenvalue weighted by Gasteiger charge is 2.17. The normalized spacial score (nSPS) is 10.7. The molecule has 0 saturated heterocycles. The third kappa shape index (κ3) is 3.45. The highest BCUT2D eigenvalue weighted by atomic mass is 32.1. The number of thiazole rings is 1. The number of carbonyl (C=O) groups is 1. The third-order valence-electron chi connectivity index (χ3n) is 3.92. The number of anilines is 1. The van der Waals surface area contributed by atoms with E-state index in [1.807, 2.05) is 66.9 Å². The predicted octanol–water partition coefficient (Wildman–Crippen LogP) is 6.10. The van der Waals surface area contributed by atoms with Crippen LogP contribution >= 0.6 is 22.7 Å². The first kappa shape index (κ1) is 16.7. The number of nitrogens with one attached hydrogen (secondary N) is 1. The molecule has 2 aromatic heterocycles. The van der Waals surface area contributed by atoms with Gasteiger partial charge in [-0.2, -0.15) is 0 Å². The second-order valence-electron chi connectivity index (χ2n) is 5.83. The van der Waals surface area contributed by atoms with Crippen LogP contribution in [0.1, 0.15) is 15.2 Å². The predicted molar refractivity (Wildman–Crippen MR) is 110 cm³/mol. The van der Waals surface area contributed by atoms with Crippen LogP contribution in [0.15, 0.2) is 72.1 Å². The number of amides is 1. The first-order chi connectivity index (χ1) is 12.7. The Bertz CT molecular complexity index is 979. The maximum Gasteiger partial charge on any atom is 0.258 e. The van der Waals surface area contributed by atoms with E-state index in [-0.39, 0.29) is 5.91 Å². The summed E-state index contributed by atoms with van der Waals surface area (Å²) in [6, 6.07) is 22.1. The molecule has 4 aromatic rings. The Morgan fingerprint density at radius 1 is 0.962 bits per heavy atom. The van der Waals surface area contributed by atoms with Crippen LogP contribution in [0.3, 0.4) is 0 Å². The minimum atomic E-state index is -0.123. The average molecular weight is 377 g/mol. The molecule has 0 spiro atoms. The molecule has 0 aliphatic rings. The molecular weight excluding hydrogens is 360 g/mol. The van der Waals surface area contributed by atoms with Crippen LogP contribution in [0.5, 0.6) is 0 Å². The lowest BCUT2D eigenvalue weighted by Crippen LogP contribution is -2.10. The molecule has 2 heterocycles. The summed E-state index contributed by atoms with van der Waals surface area (Å²) < 4.78 is 0. The first-order valence-corrected chi connectivity index (χ1v) is 9.88. The lowest BCUT2D eigenvalue weighted by Gasteiger charge is -2.02. The summed E-state index contributed by atoms with van der Waals surface area (Å²) in [5.74, 6) is -0.123. The van der Waals surface area contributed by atoms with Crippen molar-refractivity contribution in [2.75, 3.05) is 5.32 Å². The summed E-state index contributed by atoms with van der Waals surface area (Å²) in [6.07, 6.45) is 0. The number of aryl methyl sites for hydroxylation is 1. The van der Waals surface area contributed by atoms with Crippen LogP contribution in [0, 0.1) is 6.92 Å². The van der Waals surface area contributed by atoms with E-state index in [0.717, 1.165) is 26.6 Å². The zero-order valence-electron chi connectivity index (χ0n) is 14.1. The van der Waals surface area contributed by atoms with Crippen LogP contribution in [0.25, 0.3) is 21.7 Å². The molecule has 0 atom stereocenters. The highest BCUT2D eigenvalue weighted by molar-refractivity contribution is 7.19. The number of nitrogens with zero attached hydrogens (tertiary/aromatic N) is 1. The number of thiophene rings is 1.